The monoisotopic (exact) mass is 415 g/mol. The molecule has 0 atom stereocenters. The standard InChI is InChI=1S/C20H25N5O5/c1-13-16(25(27)28)18(24-9-11-29-12-10-24)23-17(21-13)14-5-7-15(8-6-14)22-19(26)30-20(2,3)4/h5-8H,9-12H2,1-4H3,(H,22,26). The minimum Gasteiger partial charge on any atom is -0.444 e. The van der Waals surface area contributed by atoms with Gasteiger partial charge in [-0.05, 0) is 52.0 Å². The van der Waals surface area contributed by atoms with Crippen molar-refractivity contribution >= 4 is 23.3 Å². The molecule has 1 aromatic carbocycles. The van der Waals surface area contributed by atoms with Crippen molar-refractivity contribution < 1.29 is 19.2 Å². The molecule has 0 spiro atoms. The van der Waals surface area contributed by atoms with E-state index in [2.05, 4.69) is 15.3 Å². The molecule has 0 saturated carbocycles. The minimum atomic E-state index is -0.593. The number of benzene rings is 1. The Hall–Kier alpha value is -3.27. The van der Waals surface area contributed by atoms with E-state index in [-0.39, 0.29) is 5.69 Å². The van der Waals surface area contributed by atoms with Crippen LogP contribution < -0.4 is 10.2 Å². The number of nitrogens with zero attached hydrogens (tertiary/aromatic N) is 4. The molecule has 1 saturated heterocycles. The van der Waals surface area contributed by atoms with Crippen LogP contribution in [-0.2, 0) is 9.47 Å². The number of amides is 1. The number of rotatable bonds is 4. The van der Waals surface area contributed by atoms with Crippen LogP contribution in [0.25, 0.3) is 11.4 Å². The van der Waals surface area contributed by atoms with Crippen LogP contribution in [0.4, 0.5) is 22.0 Å². The SMILES string of the molecule is Cc1nc(-c2ccc(NC(=O)OC(C)(C)C)cc2)nc(N2CCOCC2)c1[N+](=O)[O-]. The number of hydrogen-bond donors (Lipinski definition) is 1. The zero-order chi connectivity index (χ0) is 21.9. The van der Waals surface area contributed by atoms with Crippen molar-refractivity contribution in [1.82, 2.24) is 9.97 Å². The summed E-state index contributed by atoms with van der Waals surface area (Å²) in [7, 11) is 0. The summed E-state index contributed by atoms with van der Waals surface area (Å²) in [5.74, 6) is 0.671. The molecule has 1 aliphatic heterocycles. The molecule has 1 aliphatic rings. The molecule has 0 unspecified atom stereocenters. The zero-order valence-corrected chi connectivity index (χ0v) is 17.5. The van der Waals surface area contributed by atoms with E-state index in [4.69, 9.17) is 9.47 Å². The number of morpholine rings is 1. The lowest BCUT2D eigenvalue weighted by Crippen LogP contribution is -2.37. The van der Waals surface area contributed by atoms with E-state index < -0.39 is 16.6 Å². The van der Waals surface area contributed by atoms with Crippen molar-refractivity contribution in [2.24, 2.45) is 0 Å². The van der Waals surface area contributed by atoms with Gasteiger partial charge in [0.15, 0.2) is 5.82 Å². The summed E-state index contributed by atoms with van der Waals surface area (Å²) in [5.41, 5.74) is 0.841. The highest BCUT2D eigenvalue weighted by molar-refractivity contribution is 5.85. The van der Waals surface area contributed by atoms with Gasteiger partial charge in [-0.2, -0.15) is 0 Å². The summed E-state index contributed by atoms with van der Waals surface area (Å²) in [6.45, 7) is 8.99. The molecule has 1 amide bonds. The molecule has 0 radical (unpaired) electrons. The lowest BCUT2D eigenvalue weighted by molar-refractivity contribution is -0.385. The molecule has 0 aliphatic carbocycles. The first kappa shape index (κ1) is 21.4. The molecule has 1 aromatic heterocycles. The average molecular weight is 415 g/mol. The quantitative estimate of drug-likeness (QED) is 0.595. The van der Waals surface area contributed by atoms with Crippen molar-refractivity contribution in [2.45, 2.75) is 33.3 Å². The summed E-state index contributed by atoms with van der Waals surface area (Å²) in [5, 5.41) is 14.3. The normalized spacial score (nSPS) is 14.3. The van der Waals surface area contributed by atoms with Gasteiger partial charge >= 0.3 is 11.8 Å². The van der Waals surface area contributed by atoms with Crippen molar-refractivity contribution in [3.63, 3.8) is 0 Å². The first-order valence-electron chi connectivity index (χ1n) is 9.60. The lowest BCUT2D eigenvalue weighted by atomic mass is 10.2. The summed E-state index contributed by atoms with van der Waals surface area (Å²) >= 11 is 0. The highest BCUT2D eigenvalue weighted by Crippen LogP contribution is 2.32. The first-order chi connectivity index (χ1) is 14.1. The van der Waals surface area contributed by atoms with Gasteiger partial charge in [-0.25, -0.2) is 14.8 Å². The van der Waals surface area contributed by atoms with Crippen LogP contribution >= 0.6 is 0 Å². The third-order valence-electron chi connectivity index (χ3n) is 4.32. The zero-order valence-electron chi connectivity index (χ0n) is 17.5. The maximum absolute atomic E-state index is 11.9. The fourth-order valence-corrected chi connectivity index (χ4v) is 3.01. The van der Waals surface area contributed by atoms with Gasteiger partial charge in [0.05, 0.1) is 18.1 Å². The molecule has 1 N–H and O–H groups in total. The van der Waals surface area contributed by atoms with Gasteiger partial charge in [-0.3, -0.25) is 15.4 Å². The Morgan fingerprint density at radius 1 is 1.20 bits per heavy atom. The van der Waals surface area contributed by atoms with E-state index >= 15 is 0 Å². The molecule has 160 valence electrons. The highest BCUT2D eigenvalue weighted by atomic mass is 16.6. The number of nitrogens with one attached hydrogen (secondary N) is 1. The number of hydrogen-bond acceptors (Lipinski definition) is 8. The molecule has 0 bridgehead atoms. The second-order valence-electron chi connectivity index (χ2n) is 7.87. The van der Waals surface area contributed by atoms with Crippen molar-refractivity contribution in [3.05, 3.63) is 40.1 Å². The topological polar surface area (TPSA) is 120 Å². The van der Waals surface area contributed by atoms with Crippen molar-refractivity contribution in [3.8, 4) is 11.4 Å². The van der Waals surface area contributed by atoms with E-state index in [1.807, 2.05) is 4.90 Å². The second-order valence-corrected chi connectivity index (χ2v) is 7.87. The fourth-order valence-electron chi connectivity index (χ4n) is 3.01. The Morgan fingerprint density at radius 3 is 2.40 bits per heavy atom. The first-order valence-corrected chi connectivity index (χ1v) is 9.60. The van der Waals surface area contributed by atoms with Crippen LogP contribution in [0.5, 0.6) is 0 Å². The van der Waals surface area contributed by atoms with Gasteiger partial charge in [0, 0.05) is 24.3 Å². The lowest BCUT2D eigenvalue weighted by Gasteiger charge is -2.27. The molecule has 2 heterocycles. The van der Waals surface area contributed by atoms with Crippen molar-refractivity contribution in [1.29, 1.82) is 0 Å². The smallest absolute Gasteiger partial charge is 0.412 e. The van der Waals surface area contributed by atoms with Crippen molar-refractivity contribution in [2.75, 3.05) is 36.5 Å². The van der Waals surface area contributed by atoms with Gasteiger partial charge in [-0.1, -0.05) is 0 Å². The number of nitro groups is 1. The maximum Gasteiger partial charge on any atom is 0.412 e. The van der Waals surface area contributed by atoms with E-state index in [1.54, 1.807) is 52.0 Å². The number of aryl methyl sites for hydroxylation is 1. The van der Waals surface area contributed by atoms with Gasteiger partial charge in [0.2, 0.25) is 5.82 Å². The van der Waals surface area contributed by atoms with E-state index in [9.17, 15) is 14.9 Å². The summed E-state index contributed by atoms with van der Waals surface area (Å²) in [6, 6.07) is 6.90. The van der Waals surface area contributed by atoms with Crippen LogP contribution in [0.3, 0.4) is 0 Å². The highest BCUT2D eigenvalue weighted by Gasteiger charge is 2.28. The van der Waals surface area contributed by atoms with E-state index in [1.165, 1.54) is 0 Å². The molecule has 10 heteroatoms. The van der Waals surface area contributed by atoms with Gasteiger partial charge < -0.3 is 14.4 Å². The molecule has 30 heavy (non-hydrogen) atoms. The van der Waals surface area contributed by atoms with Crippen LogP contribution in [0, 0.1) is 17.0 Å². The number of ether oxygens (including phenoxy) is 2. The molecule has 1 fully saturated rings. The molecular weight excluding hydrogens is 390 g/mol. The predicted molar refractivity (Wildman–Crippen MR) is 112 cm³/mol. The van der Waals surface area contributed by atoms with Gasteiger partial charge in [0.25, 0.3) is 0 Å². The van der Waals surface area contributed by atoms with Gasteiger partial charge in [-0.15, -0.1) is 0 Å². The summed E-state index contributed by atoms with van der Waals surface area (Å²) in [4.78, 5) is 33.7. The second kappa shape index (κ2) is 8.62. The average Bonchev–Trinajstić information content (AvgIpc) is 2.66. The van der Waals surface area contributed by atoms with E-state index in [0.717, 1.165) is 0 Å². The van der Waals surface area contributed by atoms with Crippen LogP contribution in [0.1, 0.15) is 26.5 Å². The third-order valence-corrected chi connectivity index (χ3v) is 4.32. The third kappa shape index (κ3) is 5.20. The number of anilines is 2. The fraction of sp³-hybridized carbons (Fsp3) is 0.450. The Bertz CT molecular complexity index is 934. The molecule has 2 aromatic rings. The predicted octanol–water partition coefficient (Wildman–Crippen LogP) is 3.54. The van der Waals surface area contributed by atoms with Crippen LogP contribution in [0.15, 0.2) is 24.3 Å². The maximum atomic E-state index is 11.9. The number of aromatic nitrogens is 2. The Labute approximate surface area is 174 Å². The Morgan fingerprint density at radius 2 is 1.83 bits per heavy atom. The number of carbonyl (C=O) groups is 1. The molecule has 3 rings (SSSR count). The molecule has 10 nitrogen and oxygen atoms in total. The Kier molecular flexibility index (Phi) is 6.16. The largest absolute Gasteiger partial charge is 0.444 e. The minimum absolute atomic E-state index is 0.0936. The van der Waals surface area contributed by atoms with Crippen LogP contribution in [0.2, 0.25) is 0 Å². The van der Waals surface area contributed by atoms with Crippen LogP contribution in [-0.4, -0.2) is 52.9 Å². The molecular formula is C20H25N5O5. The van der Waals surface area contributed by atoms with E-state index in [0.29, 0.717) is 54.9 Å². The summed E-state index contributed by atoms with van der Waals surface area (Å²) < 4.78 is 10.6. The summed E-state index contributed by atoms with van der Waals surface area (Å²) in [6.07, 6.45) is -0.549. The number of carbonyl (C=O) groups excluding carboxylic acids is 1. The van der Waals surface area contributed by atoms with Gasteiger partial charge in [0.1, 0.15) is 11.3 Å². The Balaban J connectivity index is 1.87.